The van der Waals surface area contributed by atoms with Crippen molar-refractivity contribution in [3.8, 4) is 0 Å². The Hall–Kier alpha value is -1.12. The Bertz CT molecular complexity index is 427. The molecule has 0 N–H and O–H groups in total. The fourth-order valence-corrected chi connectivity index (χ4v) is 3.69. The second kappa shape index (κ2) is 16.1. The molecule has 0 aromatic carbocycles. The van der Waals surface area contributed by atoms with Crippen LogP contribution in [0.1, 0.15) is 121 Å². The third kappa shape index (κ3) is 10.8. The molecular weight excluding hydrogens is 320 g/mol. The topological polar surface area (TPSA) is 34.9 Å². The number of carbonyl (C=O) groups excluding carboxylic acids is 1. The summed E-state index contributed by atoms with van der Waals surface area (Å²) in [6.45, 7) is 4.52. The first-order chi connectivity index (χ1) is 12.8. The van der Waals surface area contributed by atoms with E-state index in [4.69, 9.17) is 0 Å². The first-order valence-corrected chi connectivity index (χ1v) is 11.3. The zero-order valence-electron chi connectivity index (χ0n) is 17.4. The van der Waals surface area contributed by atoms with E-state index in [1.165, 1.54) is 89.9 Å². The third-order valence-corrected chi connectivity index (χ3v) is 5.42. The van der Waals surface area contributed by atoms with Crippen LogP contribution in [0.2, 0.25) is 0 Å². The molecule has 0 fully saturated rings. The van der Waals surface area contributed by atoms with Crippen LogP contribution in [0.3, 0.4) is 0 Å². The van der Waals surface area contributed by atoms with Crippen LogP contribution in [-0.2, 0) is 0 Å². The van der Waals surface area contributed by atoms with Gasteiger partial charge >= 0.3 is 0 Å². The predicted octanol–water partition coefficient (Wildman–Crippen LogP) is 7.42. The Morgan fingerprint density at radius 1 is 0.769 bits per heavy atom. The van der Waals surface area contributed by atoms with Gasteiger partial charge in [-0.05, 0) is 12.8 Å². The molecule has 1 aromatic rings. The normalized spacial score (nSPS) is 12.4. The lowest BCUT2D eigenvalue weighted by atomic mass is 9.93. The number of aromatic nitrogens is 2. The SMILES string of the molecule is CCCCCCCCCCC(CCCCCCCC)C(=O)n1ccnc1. The van der Waals surface area contributed by atoms with E-state index >= 15 is 0 Å². The average molecular weight is 363 g/mol. The van der Waals surface area contributed by atoms with Crippen LogP contribution in [0.4, 0.5) is 0 Å². The Labute approximate surface area is 162 Å². The molecule has 1 unspecified atom stereocenters. The number of nitrogens with zero attached hydrogens (tertiary/aromatic N) is 2. The molecule has 0 amide bonds. The molecule has 0 spiro atoms. The first kappa shape index (κ1) is 22.9. The second-order valence-electron chi connectivity index (χ2n) is 7.83. The van der Waals surface area contributed by atoms with Crippen molar-refractivity contribution in [2.24, 2.45) is 5.92 Å². The molecule has 26 heavy (non-hydrogen) atoms. The highest BCUT2D eigenvalue weighted by Gasteiger charge is 2.19. The highest BCUT2D eigenvalue weighted by Crippen LogP contribution is 2.21. The van der Waals surface area contributed by atoms with Crippen molar-refractivity contribution in [1.82, 2.24) is 9.55 Å². The van der Waals surface area contributed by atoms with Crippen molar-refractivity contribution in [2.75, 3.05) is 0 Å². The largest absolute Gasteiger partial charge is 0.276 e. The maximum Gasteiger partial charge on any atom is 0.234 e. The van der Waals surface area contributed by atoms with Crippen molar-refractivity contribution < 1.29 is 4.79 Å². The van der Waals surface area contributed by atoms with Crippen LogP contribution >= 0.6 is 0 Å². The van der Waals surface area contributed by atoms with E-state index in [2.05, 4.69) is 18.8 Å². The Morgan fingerprint density at radius 2 is 1.23 bits per heavy atom. The number of hydrogen-bond donors (Lipinski definition) is 0. The van der Waals surface area contributed by atoms with E-state index in [1.54, 1.807) is 23.3 Å². The molecule has 3 nitrogen and oxygen atoms in total. The summed E-state index contributed by atoms with van der Waals surface area (Å²) in [4.78, 5) is 16.8. The maximum absolute atomic E-state index is 12.7. The van der Waals surface area contributed by atoms with Crippen LogP contribution in [0.5, 0.6) is 0 Å². The molecule has 1 atom stereocenters. The predicted molar refractivity (Wildman–Crippen MR) is 112 cm³/mol. The van der Waals surface area contributed by atoms with Gasteiger partial charge in [-0.25, -0.2) is 4.98 Å². The highest BCUT2D eigenvalue weighted by atomic mass is 16.2. The number of hydrogen-bond acceptors (Lipinski definition) is 2. The lowest BCUT2D eigenvalue weighted by Crippen LogP contribution is -2.21. The number of imidazole rings is 1. The summed E-state index contributed by atoms with van der Waals surface area (Å²) >= 11 is 0. The molecule has 3 heteroatoms. The van der Waals surface area contributed by atoms with Gasteiger partial charge in [0.1, 0.15) is 6.33 Å². The molecule has 0 saturated carbocycles. The molecule has 0 radical (unpaired) electrons. The quantitative estimate of drug-likeness (QED) is 0.270. The van der Waals surface area contributed by atoms with E-state index in [0.717, 1.165) is 12.8 Å². The van der Waals surface area contributed by atoms with Gasteiger partial charge in [0.05, 0.1) is 0 Å². The van der Waals surface area contributed by atoms with Gasteiger partial charge in [0.25, 0.3) is 0 Å². The molecule has 0 aliphatic carbocycles. The van der Waals surface area contributed by atoms with Gasteiger partial charge in [0.2, 0.25) is 5.91 Å². The van der Waals surface area contributed by atoms with Crippen LogP contribution < -0.4 is 0 Å². The van der Waals surface area contributed by atoms with Gasteiger partial charge in [-0.1, -0.05) is 104 Å². The Morgan fingerprint density at radius 3 is 1.65 bits per heavy atom. The van der Waals surface area contributed by atoms with Crippen molar-refractivity contribution >= 4 is 5.91 Å². The maximum atomic E-state index is 12.7. The minimum absolute atomic E-state index is 0.176. The van der Waals surface area contributed by atoms with Crippen LogP contribution in [0.25, 0.3) is 0 Å². The van der Waals surface area contributed by atoms with Gasteiger partial charge in [0.15, 0.2) is 0 Å². The molecule has 0 aliphatic heterocycles. The first-order valence-electron chi connectivity index (χ1n) is 11.3. The average Bonchev–Trinajstić information content (AvgIpc) is 3.19. The summed E-state index contributed by atoms with van der Waals surface area (Å²) < 4.78 is 1.69. The molecule has 0 saturated heterocycles. The minimum atomic E-state index is 0.176. The zero-order valence-corrected chi connectivity index (χ0v) is 17.4. The fraction of sp³-hybridized carbons (Fsp3) is 0.826. The lowest BCUT2D eigenvalue weighted by Gasteiger charge is -2.16. The van der Waals surface area contributed by atoms with Crippen molar-refractivity contribution in [2.45, 2.75) is 117 Å². The van der Waals surface area contributed by atoms with E-state index in [-0.39, 0.29) is 11.8 Å². The van der Waals surface area contributed by atoms with Crippen LogP contribution in [-0.4, -0.2) is 15.5 Å². The molecular formula is C23H42N2O. The monoisotopic (exact) mass is 362 g/mol. The highest BCUT2D eigenvalue weighted by molar-refractivity contribution is 5.81. The van der Waals surface area contributed by atoms with Crippen LogP contribution in [0, 0.1) is 5.92 Å². The standard InChI is InChI=1S/C23H42N2O/c1-3-5-7-9-11-12-14-16-18-22(17-15-13-10-8-6-4-2)23(26)25-20-19-24-21-25/h19-22H,3-18H2,1-2H3. The smallest absolute Gasteiger partial charge is 0.234 e. The van der Waals surface area contributed by atoms with Gasteiger partial charge < -0.3 is 0 Å². The lowest BCUT2D eigenvalue weighted by molar-refractivity contribution is 0.0814. The third-order valence-electron chi connectivity index (χ3n) is 5.42. The van der Waals surface area contributed by atoms with Crippen molar-refractivity contribution in [1.29, 1.82) is 0 Å². The molecule has 0 bridgehead atoms. The molecule has 1 aromatic heterocycles. The van der Waals surface area contributed by atoms with Gasteiger partial charge in [-0.2, -0.15) is 0 Å². The Kier molecular flexibility index (Phi) is 14.2. The van der Waals surface area contributed by atoms with Gasteiger partial charge in [0, 0.05) is 18.3 Å². The second-order valence-corrected chi connectivity index (χ2v) is 7.83. The summed E-state index contributed by atoms with van der Waals surface area (Å²) in [5.74, 6) is 0.425. The Balaban J connectivity index is 2.26. The summed E-state index contributed by atoms with van der Waals surface area (Å²) in [6.07, 6.45) is 25.6. The number of unbranched alkanes of at least 4 members (excludes halogenated alkanes) is 12. The molecule has 0 aliphatic rings. The van der Waals surface area contributed by atoms with Gasteiger partial charge in [-0.3, -0.25) is 9.36 Å². The summed E-state index contributed by atoms with van der Waals surface area (Å²) in [5.41, 5.74) is 0. The summed E-state index contributed by atoms with van der Waals surface area (Å²) in [7, 11) is 0. The van der Waals surface area contributed by atoms with E-state index in [1.807, 2.05) is 0 Å². The van der Waals surface area contributed by atoms with E-state index < -0.39 is 0 Å². The van der Waals surface area contributed by atoms with E-state index in [0.29, 0.717) is 0 Å². The van der Waals surface area contributed by atoms with Gasteiger partial charge in [-0.15, -0.1) is 0 Å². The van der Waals surface area contributed by atoms with Crippen molar-refractivity contribution in [3.63, 3.8) is 0 Å². The summed E-state index contributed by atoms with van der Waals surface area (Å²) in [6, 6.07) is 0. The van der Waals surface area contributed by atoms with E-state index in [9.17, 15) is 4.79 Å². The number of carbonyl (C=O) groups is 1. The van der Waals surface area contributed by atoms with Crippen LogP contribution in [0.15, 0.2) is 18.7 Å². The fourth-order valence-electron chi connectivity index (χ4n) is 3.69. The number of rotatable bonds is 17. The summed E-state index contributed by atoms with van der Waals surface area (Å²) in [5, 5.41) is 0. The van der Waals surface area contributed by atoms with Crippen molar-refractivity contribution in [3.05, 3.63) is 18.7 Å². The zero-order chi connectivity index (χ0) is 18.9. The molecule has 150 valence electrons. The minimum Gasteiger partial charge on any atom is -0.276 e. The molecule has 1 rings (SSSR count). The molecule has 1 heterocycles.